The van der Waals surface area contributed by atoms with Gasteiger partial charge in [0.2, 0.25) is 0 Å². The second-order valence-electron chi connectivity index (χ2n) is 4.66. The largest absolute Gasteiger partial charge is 0.494 e. The molecule has 0 heterocycles. The fraction of sp³-hybridized carbons (Fsp3) is 0.538. The summed E-state index contributed by atoms with van der Waals surface area (Å²) in [6.45, 7) is 0. The fourth-order valence-electron chi connectivity index (χ4n) is 2.02. The molecule has 1 aliphatic rings. The zero-order chi connectivity index (χ0) is 12.4. The third kappa shape index (κ3) is 2.96. The number of ether oxygens (including phenoxy) is 1. The Labute approximate surface area is 100 Å². The quantitative estimate of drug-likeness (QED) is 0.818. The molecule has 0 aliphatic heterocycles. The first kappa shape index (κ1) is 12.3. The van der Waals surface area contributed by atoms with E-state index in [-0.39, 0.29) is 11.8 Å². The minimum atomic E-state index is -0.472. The molecule has 2 rings (SSSR count). The molecular weight excluding hydrogens is 221 g/mol. The van der Waals surface area contributed by atoms with Crippen LogP contribution in [0.4, 0.5) is 4.39 Å². The summed E-state index contributed by atoms with van der Waals surface area (Å²) < 4.78 is 18.3. The van der Waals surface area contributed by atoms with Crippen LogP contribution in [0.2, 0.25) is 0 Å². The maximum absolute atomic E-state index is 13.4. The molecule has 0 spiro atoms. The van der Waals surface area contributed by atoms with Gasteiger partial charge in [0.05, 0.1) is 13.2 Å². The van der Waals surface area contributed by atoms with Crippen molar-refractivity contribution in [3.63, 3.8) is 0 Å². The van der Waals surface area contributed by atoms with Gasteiger partial charge in [-0.25, -0.2) is 4.39 Å². The van der Waals surface area contributed by atoms with Crippen molar-refractivity contribution in [3.8, 4) is 5.75 Å². The molecule has 4 heteroatoms. The van der Waals surface area contributed by atoms with E-state index in [1.165, 1.54) is 13.2 Å². The molecule has 17 heavy (non-hydrogen) atoms. The molecule has 1 aliphatic carbocycles. The van der Waals surface area contributed by atoms with Crippen molar-refractivity contribution in [3.05, 3.63) is 29.6 Å². The standard InChI is InChI=1S/C13H18FNO2/c1-17-12-5-2-8(6-10(12)14)7-11(15)13(16)9-3-4-9/h2,5-6,9,11,13,16H,3-4,7,15H2,1H3. The Morgan fingerprint density at radius 1 is 1.53 bits per heavy atom. The van der Waals surface area contributed by atoms with Crippen LogP contribution < -0.4 is 10.5 Å². The lowest BCUT2D eigenvalue weighted by atomic mass is 9.99. The van der Waals surface area contributed by atoms with Crippen LogP contribution in [0.15, 0.2) is 18.2 Å². The Morgan fingerprint density at radius 3 is 2.76 bits per heavy atom. The predicted octanol–water partition coefficient (Wildman–Crippen LogP) is 1.47. The van der Waals surface area contributed by atoms with Gasteiger partial charge in [0.1, 0.15) is 0 Å². The molecule has 3 nitrogen and oxygen atoms in total. The molecule has 0 radical (unpaired) electrons. The van der Waals surface area contributed by atoms with Crippen molar-refractivity contribution >= 4 is 0 Å². The highest BCUT2D eigenvalue weighted by Crippen LogP contribution is 2.34. The summed E-state index contributed by atoms with van der Waals surface area (Å²) in [5.41, 5.74) is 6.69. The molecule has 1 aromatic rings. The number of aliphatic hydroxyl groups is 1. The van der Waals surface area contributed by atoms with Crippen LogP contribution in [-0.4, -0.2) is 24.4 Å². The number of methoxy groups -OCH3 is 1. The highest BCUT2D eigenvalue weighted by molar-refractivity contribution is 5.29. The molecule has 0 aromatic heterocycles. The number of aliphatic hydroxyl groups excluding tert-OH is 1. The molecule has 0 amide bonds. The summed E-state index contributed by atoms with van der Waals surface area (Å²) in [6, 6.07) is 4.45. The Morgan fingerprint density at radius 2 is 2.24 bits per heavy atom. The average molecular weight is 239 g/mol. The van der Waals surface area contributed by atoms with E-state index in [2.05, 4.69) is 0 Å². The summed E-state index contributed by atoms with van der Waals surface area (Å²) in [5, 5.41) is 9.85. The van der Waals surface area contributed by atoms with Crippen molar-refractivity contribution in [1.29, 1.82) is 0 Å². The summed E-state index contributed by atoms with van der Waals surface area (Å²) in [5.74, 6) is 0.177. The second-order valence-corrected chi connectivity index (χ2v) is 4.66. The van der Waals surface area contributed by atoms with Gasteiger partial charge in [-0.1, -0.05) is 6.07 Å². The van der Waals surface area contributed by atoms with E-state index in [0.717, 1.165) is 18.4 Å². The van der Waals surface area contributed by atoms with E-state index < -0.39 is 11.9 Å². The smallest absolute Gasteiger partial charge is 0.165 e. The lowest BCUT2D eigenvalue weighted by Gasteiger charge is -2.18. The normalized spacial score (nSPS) is 18.8. The number of hydrogen-bond donors (Lipinski definition) is 2. The summed E-state index contributed by atoms with van der Waals surface area (Å²) in [7, 11) is 1.43. The van der Waals surface area contributed by atoms with Crippen LogP contribution in [-0.2, 0) is 6.42 Å². The van der Waals surface area contributed by atoms with Crippen LogP contribution in [0.5, 0.6) is 5.75 Å². The molecule has 1 fully saturated rings. The first-order chi connectivity index (χ1) is 8.11. The Bertz CT molecular complexity index is 393. The maximum Gasteiger partial charge on any atom is 0.165 e. The molecule has 1 saturated carbocycles. The van der Waals surface area contributed by atoms with Gasteiger partial charge in [0.15, 0.2) is 11.6 Å². The van der Waals surface area contributed by atoms with E-state index in [1.807, 2.05) is 0 Å². The molecule has 94 valence electrons. The lowest BCUT2D eigenvalue weighted by Crippen LogP contribution is -2.38. The molecule has 2 atom stereocenters. The third-order valence-electron chi connectivity index (χ3n) is 3.23. The second kappa shape index (κ2) is 5.02. The number of hydrogen-bond acceptors (Lipinski definition) is 3. The monoisotopic (exact) mass is 239 g/mol. The van der Waals surface area contributed by atoms with Gasteiger partial charge in [-0.15, -0.1) is 0 Å². The Balaban J connectivity index is 2.00. The topological polar surface area (TPSA) is 55.5 Å². The zero-order valence-electron chi connectivity index (χ0n) is 9.90. The average Bonchev–Trinajstić information content (AvgIpc) is 3.12. The van der Waals surface area contributed by atoms with Crippen molar-refractivity contribution in [2.45, 2.75) is 31.4 Å². The summed E-state index contributed by atoms with van der Waals surface area (Å²) >= 11 is 0. The van der Waals surface area contributed by atoms with Crippen LogP contribution in [0.1, 0.15) is 18.4 Å². The summed E-state index contributed by atoms with van der Waals surface area (Å²) in [6.07, 6.45) is 2.11. The predicted molar refractivity (Wildman–Crippen MR) is 63.4 cm³/mol. The molecule has 0 bridgehead atoms. The van der Waals surface area contributed by atoms with E-state index in [4.69, 9.17) is 10.5 Å². The van der Waals surface area contributed by atoms with E-state index >= 15 is 0 Å². The SMILES string of the molecule is COc1ccc(CC(N)C(O)C2CC2)cc1F. The molecule has 0 saturated heterocycles. The molecule has 2 unspecified atom stereocenters. The highest BCUT2D eigenvalue weighted by atomic mass is 19.1. The first-order valence-corrected chi connectivity index (χ1v) is 5.88. The van der Waals surface area contributed by atoms with Crippen molar-refractivity contribution in [1.82, 2.24) is 0 Å². The van der Waals surface area contributed by atoms with Gasteiger partial charge < -0.3 is 15.6 Å². The fourth-order valence-corrected chi connectivity index (χ4v) is 2.02. The maximum atomic E-state index is 13.4. The van der Waals surface area contributed by atoms with Crippen LogP contribution in [0.3, 0.4) is 0 Å². The van der Waals surface area contributed by atoms with Crippen molar-refractivity contribution in [2.75, 3.05) is 7.11 Å². The van der Waals surface area contributed by atoms with Crippen LogP contribution in [0, 0.1) is 11.7 Å². The minimum Gasteiger partial charge on any atom is -0.494 e. The number of rotatable bonds is 5. The summed E-state index contributed by atoms with van der Waals surface area (Å²) in [4.78, 5) is 0. The zero-order valence-corrected chi connectivity index (χ0v) is 9.90. The first-order valence-electron chi connectivity index (χ1n) is 5.88. The minimum absolute atomic E-state index is 0.227. The van der Waals surface area contributed by atoms with Gasteiger partial charge in [0.25, 0.3) is 0 Å². The Kier molecular flexibility index (Phi) is 3.64. The highest BCUT2D eigenvalue weighted by Gasteiger charge is 2.33. The van der Waals surface area contributed by atoms with E-state index in [0.29, 0.717) is 12.3 Å². The van der Waals surface area contributed by atoms with Crippen LogP contribution >= 0.6 is 0 Å². The molecular formula is C13H18FNO2. The van der Waals surface area contributed by atoms with Gasteiger partial charge in [-0.05, 0) is 42.9 Å². The van der Waals surface area contributed by atoms with Gasteiger partial charge in [0, 0.05) is 6.04 Å². The van der Waals surface area contributed by atoms with Gasteiger partial charge in [-0.3, -0.25) is 0 Å². The van der Waals surface area contributed by atoms with E-state index in [1.54, 1.807) is 12.1 Å². The van der Waals surface area contributed by atoms with Gasteiger partial charge >= 0.3 is 0 Å². The van der Waals surface area contributed by atoms with Gasteiger partial charge in [-0.2, -0.15) is 0 Å². The molecule has 1 aromatic carbocycles. The Hall–Kier alpha value is -1.13. The lowest BCUT2D eigenvalue weighted by molar-refractivity contribution is 0.122. The number of benzene rings is 1. The van der Waals surface area contributed by atoms with E-state index in [9.17, 15) is 9.50 Å². The number of halogens is 1. The third-order valence-corrected chi connectivity index (χ3v) is 3.23. The van der Waals surface area contributed by atoms with Crippen molar-refractivity contribution in [2.24, 2.45) is 11.7 Å². The molecule has 3 N–H and O–H groups in total. The van der Waals surface area contributed by atoms with Crippen LogP contribution in [0.25, 0.3) is 0 Å². The van der Waals surface area contributed by atoms with Crippen molar-refractivity contribution < 1.29 is 14.2 Å². The number of nitrogens with two attached hydrogens (primary N) is 1.